The van der Waals surface area contributed by atoms with Gasteiger partial charge in [0.05, 0.1) is 5.92 Å². The van der Waals surface area contributed by atoms with Crippen LogP contribution in [0.3, 0.4) is 0 Å². The number of carboxylic acid groups (broad SMARTS) is 1. The van der Waals surface area contributed by atoms with E-state index in [9.17, 15) is 14.4 Å². The van der Waals surface area contributed by atoms with E-state index in [1.165, 1.54) is 0 Å². The maximum absolute atomic E-state index is 12.8. The van der Waals surface area contributed by atoms with Crippen LogP contribution < -0.4 is 10.6 Å². The third kappa shape index (κ3) is 4.58. The zero-order chi connectivity index (χ0) is 22.9. The maximum atomic E-state index is 12.8. The molecule has 2 aromatic rings. The van der Waals surface area contributed by atoms with Gasteiger partial charge in [-0.25, -0.2) is 4.79 Å². The van der Waals surface area contributed by atoms with E-state index in [-0.39, 0.29) is 24.5 Å². The van der Waals surface area contributed by atoms with Crippen molar-refractivity contribution < 1.29 is 24.2 Å². The van der Waals surface area contributed by atoms with Crippen LogP contribution in [0.15, 0.2) is 48.5 Å². The van der Waals surface area contributed by atoms with Crippen molar-refractivity contribution in [3.8, 4) is 11.1 Å². The van der Waals surface area contributed by atoms with Crippen LogP contribution in [0.1, 0.15) is 49.1 Å². The van der Waals surface area contributed by atoms with Crippen molar-refractivity contribution in [2.45, 2.75) is 50.1 Å². The van der Waals surface area contributed by atoms with Crippen LogP contribution in [-0.2, 0) is 14.3 Å². The number of carboxylic acids is 1. The number of nitrogens with one attached hydrogen (secondary N) is 2. The highest BCUT2D eigenvalue weighted by Gasteiger charge is 2.38. The molecule has 3 N–H and O–H groups in total. The number of carbonyl (C=O) groups excluding carboxylic acids is 2. The van der Waals surface area contributed by atoms with Crippen molar-refractivity contribution in [2.75, 3.05) is 6.61 Å². The lowest BCUT2D eigenvalue weighted by molar-refractivity contribution is -0.146. The van der Waals surface area contributed by atoms with E-state index < -0.39 is 24.0 Å². The van der Waals surface area contributed by atoms with E-state index in [0.29, 0.717) is 25.2 Å². The van der Waals surface area contributed by atoms with E-state index in [1.807, 2.05) is 24.3 Å². The molecule has 2 saturated carbocycles. The number of carbonyl (C=O) groups is 3. The Bertz CT molecular complexity index is 1030. The van der Waals surface area contributed by atoms with Crippen LogP contribution in [0.2, 0.25) is 0 Å². The van der Waals surface area contributed by atoms with Gasteiger partial charge in [-0.3, -0.25) is 9.59 Å². The first-order valence-corrected chi connectivity index (χ1v) is 11.6. The van der Waals surface area contributed by atoms with E-state index in [4.69, 9.17) is 9.84 Å². The minimum Gasteiger partial charge on any atom is -0.481 e. The molecule has 7 nitrogen and oxygen atoms in total. The number of hydrogen-bond donors (Lipinski definition) is 3. The number of aliphatic carboxylic acids is 1. The van der Waals surface area contributed by atoms with E-state index in [2.05, 4.69) is 34.9 Å². The Hall–Kier alpha value is -3.35. The van der Waals surface area contributed by atoms with Gasteiger partial charge in [-0.2, -0.15) is 0 Å². The lowest BCUT2D eigenvalue weighted by atomic mass is 9.80. The summed E-state index contributed by atoms with van der Waals surface area (Å²) in [5.41, 5.74) is 4.59. The normalized spacial score (nSPS) is 21.8. The number of benzene rings is 2. The van der Waals surface area contributed by atoms with Crippen molar-refractivity contribution >= 4 is 18.0 Å². The molecule has 0 spiro atoms. The summed E-state index contributed by atoms with van der Waals surface area (Å²) < 4.78 is 5.61. The molecule has 0 saturated heterocycles. The third-order valence-electron chi connectivity index (χ3n) is 7.05. The zero-order valence-electron chi connectivity index (χ0n) is 18.3. The van der Waals surface area contributed by atoms with E-state index in [0.717, 1.165) is 35.1 Å². The highest BCUT2D eigenvalue weighted by atomic mass is 16.5. The van der Waals surface area contributed by atoms with Gasteiger partial charge >= 0.3 is 12.1 Å². The van der Waals surface area contributed by atoms with Crippen molar-refractivity contribution in [3.63, 3.8) is 0 Å². The second kappa shape index (κ2) is 8.89. The Morgan fingerprint density at radius 1 is 0.970 bits per heavy atom. The molecule has 0 unspecified atom stereocenters. The molecule has 0 bridgehead atoms. The summed E-state index contributed by atoms with van der Waals surface area (Å²) in [6.45, 7) is 0.195. The molecule has 3 aliphatic rings. The fourth-order valence-electron chi connectivity index (χ4n) is 4.94. The second-order valence-electron chi connectivity index (χ2n) is 9.41. The maximum Gasteiger partial charge on any atom is 0.407 e. The Morgan fingerprint density at radius 3 is 2.15 bits per heavy atom. The number of fused-ring (bicyclic) bond motifs is 3. The smallest absolute Gasteiger partial charge is 0.407 e. The zero-order valence-corrected chi connectivity index (χ0v) is 18.3. The summed E-state index contributed by atoms with van der Waals surface area (Å²) >= 11 is 0. The number of rotatable bonds is 8. The average Bonchev–Trinajstić information content (AvgIpc) is 3.54. The standard InChI is InChI=1S/C26H28N2O5/c29-24(27-17-12-16(13-17)25(30)31)23(11-15-9-10-15)28-26(32)33-14-22-20-7-3-1-5-18(20)19-6-2-4-8-21(19)22/h1-8,15-17,22-23H,9-14H2,(H,27,29)(H,28,32)(H,30,31)/t16?,17?,23-/m0/s1. The first kappa shape index (κ1) is 21.5. The molecule has 7 heteroatoms. The van der Waals surface area contributed by atoms with Crippen LogP contribution in [0.5, 0.6) is 0 Å². The monoisotopic (exact) mass is 448 g/mol. The van der Waals surface area contributed by atoms with Gasteiger partial charge in [0.1, 0.15) is 12.6 Å². The highest BCUT2D eigenvalue weighted by Crippen LogP contribution is 2.44. The molecule has 33 heavy (non-hydrogen) atoms. The summed E-state index contributed by atoms with van der Waals surface area (Å²) in [6.07, 6.45) is 2.95. The topological polar surface area (TPSA) is 105 Å². The Labute approximate surface area is 192 Å². The van der Waals surface area contributed by atoms with Gasteiger partial charge in [0.2, 0.25) is 5.91 Å². The largest absolute Gasteiger partial charge is 0.481 e. The summed E-state index contributed by atoms with van der Waals surface area (Å²) in [7, 11) is 0. The fourth-order valence-corrected chi connectivity index (χ4v) is 4.94. The second-order valence-corrected chi connectivity index (χ2v) is 9.41. The molecule has 2 fully saturated rings. The first-order chi connectivity index (χ1) is 16.0. The van der Waals surface area contributed by atoms with Crippen LogP contribution in [0, 0.1) is 11.8 Å². The Morgan fingerprint density at radius 2 is 1.58 bits per heavy atom. The molecule has 2 amide bonds. The Kier molecular flexibility index (Phi) is 5.79. The first-order valence-electron chi connectivity index (χ1n) is 11.6. The highest BCUT2D eigenvalue weighted by molar-refractivity contribution is 5.86. The minimum absolute atomic E-state index is 0.0400. The molecular formula is C26H28N2O5. The van der Waals surface area contributed by atoms with Crippen LogP contribution >= 0.6 is 0 Å². The molecule has 0 aliphatic heterocycles. The average molecular weight is 449 g/mol. The van der Waals surface area contributed by atoms with Crippen molar-refractivity contribution in [2.24, 2.45) is 11.8 Å². The van der Waals surface area contributed by atoms with Gasteiger partial charge in [0, 0.05) is 12.0 Å². The van der Waals surface area contributed by atoms with Gasteiger partial charge in [-0.15, -0.1) is 0 Å². The molecule has 0 radical (unpaired) electrons. The van der Waals surface area contributed by atoms with E-state index >= 15 is 0 Å². The summed E-state index contributed by atoms with van der Waals surface area (Å²) in [4.78, 5) is 36.4. The summed E-state index contributed by atoms with van der Waals surface area (Å²) in [5.74, 6) is -1.09. The van der Waals surface area contributed by atoms with E-state index in [1.54, 1.807) is 0 Å². The van der Waals surface area contributed by atoms with Crippen LogP contribution in [-0.4, -0.2) is 41.8 Å². The van der Waals surface area contributed by atoms with Crippen LogP contribution in [0.4, 0.5) is 4.79 Å². The molecule has 2 aromatic carbocycles. The molecule has 0 aromatic heterocycles. The van der Waals surface area contributed by atoms with Crippen LogP contribution in [0.25, 0.3) is 11.1 Å². The summed E-state index contributed by atoms with van der Waals surface area (Å²) in [5, 5.41) is 14.7. The molecule has 0 heterocycles. The molecular weight excluding hydrogens is 420 g/mol. The van der Waals surface area contributed by atoms with Gasteiger partial charge in [0.15, 0.2) is 0 Å². The third-order valence-corrected chi connectivity index (χ3v) is 7.05. The minimum atomic E-state index is -0.827. The molecule has 5 rings (SSSR count). The lowest BCUT2D eigenvalue weighted by Crippen LogP contribution is -2.54. The predicted octanol–water partition coefficient (Wildman–Crippen LogP) is 3.67. The van der Waals surface area contributed by atoms with Gasteiger partial charge in [-0.05, 0) is 47.4 Å². The molecule has 1 atom stereocenters. The number of amides is 2. The van der Waals surface area contributed by atoms with Crippen molar-refractivity contribution in [1.82, 2.24) is 10.6 Å². The van der Waals surface area contributed by atoms with Crippen molar-refractivity contribution in [1.29, 1.82) is 0 Å². The van der Waals surface area contributed by atoms with Gasteiger partial charge in [0.25, 0.3) is 0 Å². The fraction of sp³-hybridized carbons (Fsp3) is 0.423. The Balaban J connectivity index is 1.19. The quantitative estimate of drug-likeness (QED) is 0.572. The lowest BCUT2D eigenvalue weighted by Gasteiger charge is -2.34. The van der Waals surface area contributed by atoms with Crippen molar-refractivity contribution in [3.05, 3.63) is 59.7 Å². The molecule has 172 valence electrons. The summed E-state index contributed by atoms with van der Waals surface area (Å²) in [6, 6.07) is 15.5. The molecule has 3 aliphatic carbocycles. The number of ether oxygens (including phenoxy) is 1. The van der Waals surface area contributed by atoms with Gasteiger partial charge < -0.3 is 20.5 Å². The SMILES string of the molecule is O=C(N[C@@H](CC1CC1)C(=O)NC1CC(C(=O)O)C1)OCC1c2ccccc2-c2ccccc21. The van der Waals surface area contributed by atoms with Gasteiger partial charge in [-0.1, -0.05) is 61.4 Å². The predicted molar refractivity (Wildman–Crippen MR) is 122 cm³/mol. The number of hydrogen-bond acceptors (Lipinski definition) is 4. The number of alkyl carbamates (subject to hydrolysis) is 1.